The first-order chi connectivity index (χ1) is 10.7. The zero-order valence-corrected chi connectivity index (χ0v) is 13.9. The maximum atomic E-state index is 5.91. The predicted molar refractivity (Wildman–Crippen MR) is 91.4 cm³/mol. The number of aromatic nitrogens is 1. The first-order valence-corrected chi connectivity index (χ1v) is 7.96. The van der Waals surface area contributed by atoms with Crippen LogP contribution in [0.3, 0.4) is 0 Å². The third kappa shape index (κ3) is 3.64. The lowest BCUT2D eigenvalue weighted by atomic mass is 10.1. The SMILES string of the molecule is Cc1cc(-c2ccc(CNCc3ccncc3)o2)ccc1Br. The van der Waals surface area contributed by atoms with Gasteiger partial charge in [0.1, 0.15) is 11.5 Å². The van der Waals surface area contributed by atoms with Crippen molar-refractivity contribution in [2.45, 2.75) is 20.0 Å². The molecule has 1 aromatic carbocycles. The van der Waals surface area contributed by atoms with Crippen molar-refractivity contribution in [2.24, 2.45) is 0 Å². The number of hydrogen-bond acceptors (Lipinski definition) is 3. The smallest absolute Gasteiger partial charge is 0.134 e. The standard InChI is InChI=1S/C18H17BrN2O/c1-13-10-15(2-4-17(13)19)18-5-3-16(22-18)12-21-11-14-6-8-20-9-7-14/h2-10,21H,11-12H2,1H3. The van der Waals surface area contributed by atoms with E-state index in [1.54, 1.807) is 12.4 Å². The zero-order chi connectivity index (χ0) is 15.4. The number of nitrogens with one attached hydrogen (secondary N) is 1. The fraction of sp³-hybridized carbons (Fsp3) is 0.167. The molecule has 3 aromatic rings. The van der Waals surface area contributed by atoms with Gasteiger partial charge >= 0.3 is 0 Å². The van der Waals surface area contributed by atoms with E-state index in [1.165, 1.54) is 11.1 Å². The van der Waals surface area contributed by atoms with Crippen molar-refractivity contribution in [3.63, 3.8) is 0 Å². The molecule has 0 bridgehead atoms. The van der Waals surface area contributed by atoms with E-state index in [4.69, 9.17) is 4.42 Å². The number of pyridine rings is 1. The molecule has 0 atom stereocenters. The van der Waals surface area contributed by atoms with Crippen molar-refractivity contribution in [2.75, 3.05) is 0 Å². The van der Waals surface area contributed by atoms with E-state index in [0.717, 1.165) is 28.1 Å². The molecule has 0 spiro atoms. The van der Waals surface area contributed by atoms with Crippen LogP contribution >= 0.6 is 15.9 Å². The highest BCUT2D eigenvalue weighted by Gasteiger charge is 2.06. The Morgan fingerprint density at radius 1 is 1.05 bits per heavy atom. The Morgan fingerprint density at radius 2 is 1.86 bits per heavy atom. The number of furan rings is 1. The monoisotopic (exact) mass is 356 g/mol. The van der Waals surface area contributed by atoms with Crippen LogP contribution in [-0.4, -0.2) is 4.98 Å². The highest BCUT2D eigenvalue weighted by atomic mass is 79.9. The van der Waals surface area contributed by atoms with Crippen LogP contribution in [-0.2, 0) is 13.1 Å². The number of halogens is 1. The van der Waals surface area contributed by atoms with E-state index in [-0.39, 0.29) is 0 Å². The molecule has 0 saturated carbocycles. The van der Waals surface area contributed by atoms with Crippen LogP contribution in [0.2, 0.25) is 0 Å². The summed E-state index contributed by atoms with van der Waals surface area (Å²) < 4.78 is 7.03. The van der Waals surface area contributed by atoms with Gasteiger partial charge in [-0.05, 0) is 54.4 Å². The van der Waals surface area contributed by atoms with E-state index >= 15 is 0 Å². The Bertz CT molecular complexity index is 753. The molecule has 3 nitrogen and oxygen atoms in total. The molecule has 0 saturated heterocycles. The van der Waals surface area contributed by atoms with Crippen molar-refractivity contribution in [1.82, 2.24) is 10.3 Å². The molecule has 3 rings (SSSR count). The largest absolute Gasteiger partial charge is 0.460 e. The van der Waals surface area contributed by atoms with Crippen LogP contribution in [0.4, 0.5) is 0 Å². The van der Waals surface area contributed by atoms with Gasteiger partial charge in [-0.15, -0.1) is 0 Å². The fourth-order valence-corrected chi connectivity index (χ4v) is 2.50. The maximum absolute atomic E-state index is 5.91. The van der Waals surface area contributed by atoms with Gasteiger partial charge in [0.25, 0.3) is 0 Å². The minimum Gasteiger partial charge on any atom is -0.460 e. The molecule has 2 aromatic heterocycles. The van der Waals surface area contributed by atoms with Crippen molar-refractivity contribution >= 4 is 15.9 Å². The second kappa shape index (κ2) is 6.90. The van der Waals surface area contributed by atoms with Gasteiger partial charge in [0.15, 0.2) is 0 Å². The van der Waals surface area contributed by atoms with Crippen LogP contribution in [0.5, 0.6) is 0 Å². The average molecular weight is 357 g/mol. The van der Waals surface area contributed by atoms with Gasteiger partial charge in [-0.1, -0.05) is 22.0 Å². The Hall–Kier alpha value is -1.91. The van der Waals surface area contributed by atoms with Gasteiger partial charge in [0.05, 0.1) is 6.54 Å². The molecule has 0 radical (unpaired) electrons. The molecule has 0 amide bonds. The average Bonchev–Trinajstić information content (AvgIpc) is 3.00. The topological polar surface area (TPSA) is 38.1 Å². The highest BCUT2D eigenvalue weighted by Crippen LogP contribution is 2.26. The lowest BCUT2D eigenvalue weighted by Gasteiger charge is -2.03. The Kier molecular flexibility index (Phi) is 4.71. The van der Waals surface area contributed by atoms with Crippen LogP contribution in [0, 0.1) is 6.92 Å². The summed E-state index contributed by atoms with van der Waals surface area (Å²) in [7, 11) is 0. The van der Waals surface area contributed by atoms with Crippen molar-refractivity contribution in [1.29, 1.82) is 0 Å². The number of rotatable bonds is 5. The third-order valence-corrected chi connectivity index (χ3v) is 4.37. The number of hydrogen-bond donors (Lipinski definition) is 1. The molecule has 0 aliphatic heterocycles. The molecule has 0 aliphatic carbocycles. The summed E-state index contributed by atoms with van der Waals surface area (Å²) in [5.41, 5.74) is 3.51. The highest BCUT2D eigenvalue weighted by molar-refractivity contribution is 9.10. The summed E-state index contributed by atoms with van der Waals surface area (Å²) in [5, 5.41) is 3.37. The molecular weight excluding hydrogens is 340 g/mol. The molecule has 22 heavy (non-hydrogen) atoms. The molecule has 0 fully saturated rings. The summed E-state index contributed by atoms with van der Waals surface area (Å²) in [6.45, 7) is 3.58. The molecule has 112 valence electrons. The van der Waals surface area contributed by atoms with Crippen LogP contribution in [0.15, 0.2) is 63.7 Å². The van der Waals surface area contributed by atoms with E-state index in [1.807, 2.05) is 24.3 Å². The molecule has 0 unspecified atom stereocenters. The van der Waals surface area contributed by atoms with Crippen molar-refractivity contribution in [3.8, 4) is 11.3 Å². The minimum absolute atomic E-state index is 0.706. The summed E-state index contributed by atoms with van der Waals surface area (Å²) in [6, 6.07) is 14.3. The Labute approximate surface area is 138 Å². The van der Waals surface area contributed by atoms with E-state index in [0.29, 0.717) is 6.54 Å². The first-order valence-electron chi connectivity index (χ1n) is 7.17. The van der Waals surface area contributed by atoms with Gasteiger partial charge in [-0.2, -0.15) is 0 Å². The minimum atomic E-state index is 0.706. The molecule has 2 heterocycles. The van der Waals surface area contributed by atoms with E-state index in [9.17, 15) is 0 Å². The lowest BCUT2D eigenvalue weighted by Crippen LogP contribution is -2.11. The quantitative estimate of drug-likeness (QED) is 0.719. The van der Waals surface area contributed by atoms with Crippen LogP contribution in [0.25, 0.3) is 11.3 Å². The Morgan fingerprint density at radius 3 is 2.64 bits per heavy atom. The summed E-state index contributed by atoms with van der Waals surface area (Å²) in [4.78, 5) is 4.01. The lowest BCUT2D eigenvalue weighted by molar-refractivity contribution is 0.493. The normalized spacial score (nSPS) is 10.8. The third-order valence-electron chi connectivity index (χ3n) is 3.48. The molecule has 1 N–H and O–H groups in total. The van der Waals surface area contributed by atoms with Crippen molar-refractivity contribution in [3.05, 3.63) is 76.2 Å². The second-order valence-electron chi connectivity index (χ2n) is 5.19. The summed E-state index contributed by atoms with van der Waals surface area (Å²) in [5.74, 6) is 1.83. The van der Waals surface area contributed by atoms with Gasteiger partial charge in [0.2, 0.25) is 0 Å². The van der Waals surface area contributed by atoms with E-state index < -0.39 is 0 Å². The first kappa shape index (κ1) is 15.0. The summed E-state index contributed by atoms with van der Waals surface area (Å²) in [6.07, 6.45) is 3.61. The van der Waals surface area contributed by atoms with Gasteiger partial charge in [0, 0.05) is 29.0 Å². The zero-order valence-electron chi connectivity index (χ0n) is 12.3. The van der Waals surface area contributed by atoms with Crippen molar-refractivity contribution < 1.29 is 4.42 Å². The Balaban J connectivity index is 1.62. The number of benzene rings is 1. The van der Waals surface area contributed by atoms with Crippen LogP contribution in [0.1, 0.15) is 16.9 Å². The molecule has 4 heteroatoms. The summed E-state index contributed by atoms with van der Waals surface area (Å²) >= 11 is 3.52. The maximum Gasteiger partial charge on any atom is 0.134 e. The van der Waals surface area contributed by atoms with Gasteiger partial charge in [-0.3, -0.25) is 4.98 Å². The van der Waals surface area contributed by atoms with Crippen LogP contribution < -0.4 is 5.32 Å². The van der Waals surface area contributed by atoms with Gasteiger partial charge < -0.3 is 9.73 Å². The second-order valence-corrected chi connectivity index (χ2v) is 6.04. The molecular formula is C18H17BrN2O. The van der Waals surface area contributed by atoms with E-state index in [2.05, 4.69) is 51.4 Å². The number of aryl methyl sites for hydroxylation is 1. The predicted octanol–water partition coefficient (Wildman–Crippen LogP) is 4.70. The van der Waals surface area contributed by atoms with Gasteiger partial charge in [-0.25, -0.2) is 0 Å². The fourth-order valence-electron chi connectivity index (χ4n) is 2.26. The number of nitrogens with zero attached hydrogens (tertiary/aromatic N) is 1. The molecule has 0 aliphatic rings.